The van der Waals surface area contributed by atoms with E-state index in [0.29, 0.717) is 10.6 Å². The number of terminal acetylenes is 1. The number of nitrogens with zero attached hydrogens (tertiary/aromatic N) is 4. The molecule has 0 spiro atoms. The van der Waals surface area contributed by atoms with Crippen molar-refractivity contribution < 1.29 is 37.0 Å². The number of rotatable bonds is 9. The summed E-state index contributed by atoms with van der Waals surface area (Å²) in [5, 5.41) is 9.77. The van der Waals surface area contributed by atoms with Gasteiger partial charge in [0.1, 0.15) is 25.0 Å². The first-order chi connectivity index (χ1) is 21.5. The fourth-order valence-corrected chi connectivity index (χ4v) is 6.00. The highest BCUT2D eigenvalue weighted by molar-refractivity contribution is 9.10. The highest BCUT2D eigenvalue weighted by atomic mass is 79.9. The molecule has 2 unspecified atom stereocenters. The van der Waals surface area contributed by atoms with Crippen molar-refractivity contribution in [3.63, 3.8) is 0 Å². The van der Waals surface area contributed by atoms with Gasteiger partial charge in [-0.15, -0.1) is 6.42 Å². The van der Waals surface area contributed by atoms with Crippen LogP contribution in [0.4, 0.5) is 18.0 Å². The van der Waals surface area contributed by atoms with Crippen molar-refractivity contribution in [1.29, 1.82) is 5.26 Å². The Balaban J connectivity index is 0.000000250. The number of hydrogen-bond acceptors (Lipinski definition) is 6. The maximum absolute atomic E-state index is 13.4. The van der Waals surface area contributed by atoms with Crippen molar-refractivity contribution >= 4 is 45.4 Å². The number of carbonyl (C=O) groups is 3. The first kappa shape index (κ1) is 36.7. The number of amides is 3. The number of carbonyl (C=O) groups excluding carboxylic acids is 3. The van der Waals surface area contributed by atoms with Crippen LogP contribution in [0.5, 0.6) is 0 Å². The van der Waals surface area contributed by atoms with E-state index >= 15 is 0 Å². The van der Waals surface area contributed by atoms with E-state index in [4.69, 9.17) is 27.5 Å². The molecule has 2 aliphatic rings. The molecule has 2 aromatic rings. The van der Waals surface area contributed by atoms with Crippen LogP contribution in [0.3, 0.4) is 0 Å². The third-order valence-electron chi connectivity index (χ3n) is 7.55. The van der Waals surface area contributed by atoms with Gasteiger partial charge in [0.25, 0.3) is 5.91 Å². The van der Waals surface area contributed by atoms with Gasteiger partial charge in [0.05, 0.1) is 28.2 Å². The Kier molecular flexibility index (Phi) is 11.8. The number of allylic oxidation sites excluding steroid dienone is 2. The normalized spacial score (nSPS) is 18.3. The van der Waals surface area contributed by atoms with E-state index in [-0.39, 0.29) is 72.1 Å². The monoisotopic (exact) mass is 724 g/mol. The summed E-state index contributed by atoms with van der Waals surface area (Å²) in [5.41, 5.74) is 0.516. The summed E-state index contributed by atoms with van der Waals surface area (Å²) in [6, 6.07) is 7.54. The lowest BCUT2D eigenvalue weighted by Gasteiger charge is -2.15. The van der Waals surface area contributed by atoms with Gasteiger partial charge in [0.2, 0.25) is 0 Å². The molecule has 0 radical (unpaired) electrons. The van der Waals surface area contributed by atoms with Crippen LogP contribution in [0.15, 0.2) is 40.4 Å². The third-order valence-corrected chi connectivity index (χ3v) is 8.57. The zero-order chi connectivity index (χ0) is 34.6. The molecule has 1 aromatic carbocycles. The molecular weight excluding hydrogens is 693 g/mol. The Morgan fingerprint density at radius 1 is 1.22 bits per heavy atom. The van der Waals surface area contributed by atoms with Crippen LogP contribution in [0.25, 0.3) is 11.3 Å². The van der Waals surface area contributed by atoms with E-state index in [0.717, 1.165) is 15.0 Å². The lowest BCUT2D eigenvalue weighted by atomic mass is 10.1. The quantitative estimate of drug-likeness (QED) is 0.119. The minimum atomic E-state index is -4.63. The lowest BCUT2D eigenvalue weighted by molar-refractivity contribution is -0.151. The molecule has 0 bridgehead atoms. The summed E-state index contributed by atoms with van der Waals surface area (Å²) in [7, 11) is 0. The van der Waals surface area contributed by atoms with Gasteiger partial charge in [-0.05, 0) is 65.7 Å². The summed E-state index contributed by atoms with van der Waals surface area (Å²) in [4.78, 5) is 38.2. The molecule has 1 saturated carbocycles. The fraction of sp³-hybridized carbons (Fsp3) is 0.438. The zero-order valence-electron chi connectivity index (χ0n) is 25.9. The number of aromatic nitrogens is 1. The predicted octanol–water partition coefficient (Wildman–Crippen LogP) is 7.08. The summed E-state index contributed by atoms with van der Waals surface area (Å²) < 4.78 is 51.2. The summed E-state index contributed by atoms with van der Waals surface area (Å²) >= 11 is 8.73. The molecular formula is C32H33BrClF3N4O5. The van der Waals surface area contributed by atoms with E-state index in [1.54, 1.807) is 31.2 Å². The van der Waals surface area contributed by atoms with Gasteiger partial charge >= 0.3 is 18.2 Å². The van der Waals surface area contributed by atoms with E-state index in [2.05, 4.69) is 27.9 Å². The van der Waals surface area contributed by atoms with Crippen LogP contribution in [-0.2, 0) is 32.0 Å². The van der Waals surface area contributed by atoms with Crippen LogP contribution in [-0.4, -0.2) is 58.7 Å². The summed E-state index contributed by atoms with van der Waals surface area (Å²) in [6.07, 6.45) is 2.58. The minimum absolute atomic E-state index is 0.0628. The van der Waals surface area contributed by atoms with Crippen molar-refractivity contribution in [1.82, 2.24) is 14.4 Å². The molecule has 1 aliphatic carbocycles. The molecule has 2 heterocycles. The summed E-state index contributed by atoms with van der Waals surface area (Å²) in [5.74, 6) is 1.42. The number of ether oxygens (including phenoxy) is 2. The highest BCUT2D eigenvalue weighted by Gasteiger charge is 2.61. The first-order valence-electron chi connectivity index (χ1n) is 14.1. The van der Waals surface area contributed by atoms with E-state index in [9.17, 15) is 32.8 Å². The van der Waals surface area contributed by atoms with Gasteiger partial charge in [-0.2, -0.15) is 18.4 Å². The Morgan fingerprint density at radius 3 is 2.37 bits per heavy atom. The van der Waals surface area contributed by atoms with Gasteiger partial charge in [-0.1, -0.05) is 55.2 Å². The molecule has 2 fully saturated rings. The molecule has 1 aliphatic heterocycles. The molecule has 1 saturated heterocycles. The molecule has 46 heavy (non-hydrogen) atoms. The van der Waals surface area contributed by atoms with E-state index in [1.165, 1.54) is 4.90 Å². The van der Waals surface area contributed by atoms with Crippen LogP contribution < -0.4 is 0 Å². The number of imide groups is 1. The molecule has 4 rings (SSSR count). The molecule has 3 amide bonds. The molecule has 1 aromatic heterocycles. The molecule has 14 heteroatoms. The second-order valence-electron chi connectivity index (χ2n) is 11.4. The van der Waals surface area contributed by atoms with Crippen LogP contribution in [0.1, 0.15) is 45.9 Å². The van der Waals surface area contributed by atoms with Crippen molar-refractivity contribution in [2.45, 2.75) is 47.5 Å². The Bertz CT molecular complexity index is 1600. The topological polar surface area (TPSA) is 105 Å². The smallest absolute Gasteiger partial charge is 0.432 e. The maximum atomic E-state index is 13.4. The van der Waals surface area contributed by atoms with Gasteiger partial charge in [-0.3, -0.25) is 9.59 Å². The average Bonchev–Trinajstić information content (AvgIpc) is 3.21. The first-order valence-corrected chi connectivity index (χ1v) is 15.3. The standard InChI is InChI=1S/C17H22N2O4.C15H11BrClF3N2O/c1-6-7-18-9-13(20)19(16(18)22)10-23-15(21)14-12(8-11(2)3)17(14,4)5;1-2-23-8-22-13(9-3-5-10(17)6-4-9)11(7-21)12(16)14(22)15(18,19)20/h1,8,12,14H,7,9-10H2,2-5H3;3-6H,2,8H2,1H3. The number of esters is 1. The molecule has 9 nitrogen and oxygen atoms in total. The van der Waals surface area contributed by atoms with Gasteiger partial charge in [0.15, 0.2) is 6.73 Å². The van der Waals surface area contributed by atoms with Crippen molar-refractivity contribution in [2.75, 3.05) is 26.4 Å². The Labute approximate surface area is 279 Å². The zero-order valence-corrected chi connectivity index (χ0v) is 28.2. The van der Waals surface area contributed by atoms with Crippen LogP contribution >= 0.6 is 27.5 Å². The lowest BCUT2D eigenvalue weighted by Crippen LogP contribution is -2.36. The van der Waals surface area contributed by atoms with Gasteiger partial charge in [-0.25, -0.2) is 9.69 Å². The van der Waals surface area contributed by atoms with E-state index < -0.39 is 23.8 Å². The Hall–Kier alpha value is -3.78. The number of alkyl halides is 3. The van der Waals surface area contributed by atoms with Crippen LogP contribution in [0, 0.1) is 40.9 Å². The van der Waals surface area contributed by atoms with Crippen molar-refractivity contribution in [3.05, 3.63) is 56.7 Å². The number of benzene rings is 1. The van der Waals surface area contributed by atoms with Crippen LogP contribution in [0.2, 0.25) is 5.02 Å². The SMILES string of the molecule is C#CCN1CC(=O)N(COC(=O)C2C(C=C(C)C)C2(C)C)C1=O.CCOCn1c(-c2ccc(Cl)cc2)c(C#N)c(Br)c1C(F)(F)F. The third kappa shape index (κ3) is 7.95. The van der Waals surface area contributed by atoms with Crippen molar-refractivity contribution in [2.24, 2.45) is 17.3 Å². The number of urea groups is 1. The molecule has 246 valence electrons. The largest absolute Gasteiger partial charge is 0.443 e. The fourth-order valence-electron chi connectivity index (χ4n) is 5.16. The maximum Gasteiger partial charge on any atom is 0.432 e. The van der Waals surface area contributed by atoms with Gasteiger partial charge < -0.3 is 18.9 Å². The second-order valence-corrected chi connectivity index (χ2v) is 12.6. The predicted molar refractivity (Wildman–Crippen MR) is 168 cm³/mol. The second kappa shape index (κ2) is 14.8. The number of nitriles is 1. The Morgan fingerprint density at radius 2 is 1.85 bits per heavy atom. The minimum Gasteiger partial charge on any atom is -0.443 e. The molecule has 0 N–H and O–H groups in total. The van der Waals surface area contributed by atoms with Crippen molar-refractivity contribution in [3.8, 4) is 29.7 Å². The highest BCUT2D eigenvalue weighted by Crippen LogP contribution is 2.59. The average molecular weight is 726 g/mol. The van der Waals surface area contributed by atoms with E-state index in [1.807, 2.05) is 33.8 Å². The molecule has 2 atom stereocenters. The van der Waals surface area contributed by atoms with Gasteiger partial charge in [0, 0.05) is 11.6 Å². The number of halogens is 5. The summed E-state index contributed by atoms with van der Waals surface area (Å²) in [6.45, 7) is 9.22. The number of hydrogen-bond donors (Lipinski definition) is 0.